The highest BCUT2D eigenvalue weighted by atomic mass is 127. The van der Waals surface area contributed by atoms with Gasteiger partial charge in [0.15, 0.2) is 5.96 Å². The predicted molar refractivity (Wildman–Crippen MR) is 135 cm³/mol. The third kappa shape index (κ3) is 7.98. The average molecular weight is 576 g/mol. The fourth-order valence-corrected chi connectivity index (χ4v) is 4.38. The minimum atomic E-state index is -3.43. The van der Waals surface area contributed by atoms with Crippen molar-refractivity contribution in [3.8, 4) is 0 Å². The van der Waals surface area contributed by atoms with E-state index in [0.717, 1.165) is 11.1 Å². The summed E-state index contributed by atoms with van der Waals surface area (Å²) in [5.74, 6) is 0.254. The number of hydrogen-bond acceptors (Lipinski definition) is 4. The van der Waals surface area contributed by atoms with E-state index < -0.39 is 10.0 Å². The molecule has 1 heterocycles. The van der Waals surface area contributed by atoms with Crippen LogP contribution in [-0.4, -0.2) is 57.8 Å². The molecule has 1 fully saturated rings. The van der Waals surface area contributed by atoms with E-state index in [0.29, 0.717) is 19.0 Å². The standard InChI is InChI=1S/C22H29FN4O3S.HI/c1-17-15-27(16-21(30-17)19-8-10-20(23)11-9-19)22(24-2)25-12-13-31(28,29)26-14-18-6-4-3-5-7-18;/h3-11,17,21,26H,12-16H2,1-2H3,(H,24,25);1H. The van der Waals surface area contributed by atoms with Crippen LogP contribution in [0.1, 0.15) is 24.2 Å². The largest absolute Gasteiger partial charge is 0.367 e. The van der Waals surface area contributed by atoms with Crippen LogP contribution in [0, 0.1) is 5.82 Å². The Morgan fingerprint density at radius 3 is 2.50 bits per heavy atom. The molecule has 32 heavy (non-hydrogen) atoms. The molecular formula is C22H30FIN4O3S. The molecule has 2 N–H and O–H groups in total. The summed E-state index contributed by atoms with van der Waals surface area (Å²) in [7, 11) is -1.77. The topological polar surface area (TPSA) is 83.0 Å². The normalized spacial score (nSPS) is 19.3. The summed E-state index contributed by atoms with van der Waals surface area (Å²) in [6.07, 6.45) is -0.280. The summed E-state index contributed by atoms with van der Waals surface area (Å²) in [5, 5.41) is 3.14. The molecule has 2 unspecified atom stereocenters. The number of aliphatic imine (C=N–C) groups is 1. The molecule has 0 bridgehead atoms. The molecule has 0 aromatic heterocycles. The van der Waals surface area contributed by atoms with Gasteiger partial charge in [-0.15, -0.1) is 24.0 Å². The summed E-state index contributed by atoms with van der Waals surface area (Å²) in [4.78, 5) is 6.34. The monoisotopic (exact) mass is 576 g/mol. The molecule has 1 aliphatic rings. The molecule has 2 atom stereocenters. The van der Waals surface area contributed by atoms with Gasteiger partial charge in [0.05, 0.1) is 18.4 Å². The van der Waals surface area contributed by atoms with Gasteiger partial charge in [-0.1, -0.05) is 42.5 Å². The van der Waals surface area contributed by atoms with Gasteiger partial charge < -0.3 is 15.0 Å². The first-order valence-corrected chi connectivity index (χ1v) is 11.9. The molecule has 1 saturated heterocycles. The van der Waals surface area contributed by atoms with E-state index in [-0.39, 0.29) is 60.8 Å². The third-order valence-corrected chi connectivity index (χ3v) is 6.33. The van der Waals surface area contributed by atoms with Crippen LogP contribution in [0.15, 0.2) is 59.6 Å². The second kappa shape index (κ2) is 12.5. The maximum absolute atomic E-state index is 13.2. The Kier molecular flexibility index (Phi) is 10.3. The van der Waals surface area contributed by atoms with E-state index in [9.17, 15) is 12.8 Å². The lowest BCUT2D eigenvalue weighted by Gasteiger charge is -2.38. The van der Waals surface area contributed by atoms with Crippen LogP contribution in [-0.2, 0) is 21.3 Å². The Balaban J connectivity index is 0.00000363. The highest BCUT2D eigenvalue weighted by Crippen LogP contribution is 2.25. The summed E-state index contributed by atoms with van der Waals surface area (Å²) in [5.41, 5.74) is 1.80. The van der Waals surface area contributed by atoms with E-state index in [1.165, 1.54) is 12.1 Å². The first-order chi connectivity index (χ1) is 14.9. The van der Waals surface area contributed by atoms with Gasteiger partial charge in [0.2, 0.25) is 10.0 Å². The average Bonchev–Trinajstić information content (AvgIpc) is 2.76. The van der Waals surface area contributed by atoms with Crippen molar-refractivity contribution in [1.82, 2.24) is 14.9 Å². The lowest BCUT2D eigenvalue weighted by atomic mass is 10.1. The van der Waals surface area contributed by atoms with E-state index in [1.54, 1.807) is 19.2 Å². The lowest BCUT2D eigenvalue weighted by Crippen LogP contribution is -2.51. The fourth-order valence-electron chi connectivity index (χ4n) is 3.48. The smallest absolute Gasteiger partial charge is 0.213 e. The summed E-state index contributed by atoms with van der Waals surface area (Å²) in [6, 6.07) is 15.7. The van der Waals surface area contributed by atoms with Crippen molar-refractivity contribution >= 4 is 40.0 Å². The molecule has 2 aromatic rings. The zero-order valence-electron chi connectivity index (χ0n) is 18.2. The van der Waals surface area contributed by atoms with Gasteiger partial charge in [-0.25, -0.2) is 17.5 Å². The van der Waals surface area contributed by atoms with Crippen LogP contribution in [0.5, 0.6) is 0 Å². The first-order valence-electron chi connectivity index (χ1n) is 10.2. The van der Waals surface area contributed by atoms with Gasteiger partial charge in [-0.05, 0) is 30.2 Å². The van der Waals surface area contributed by atoms with Crippen molar-refractivity contribution in [2.45, 2.75) is 25.7 Å². The van der Waals surface area contributed by atoms with Gasteiger partial charge in [0.1, 0.15) is 11.9 Å². The molecule has 0 radical (unpaired) electrons. The SMILES string of the molecule is CN=C(NCCS(=O)(=O)NCc1ccccc1)N1CC(C)OC(c2ccc(F)cc2)C1.I. The number of halogens is 2. The Bertz CT molecular complexity index is 974. The van der Waals surface area contributed by atoms with E-state index in [1.807, 2.05) is 42.2 Å². The van der Waals surface area contributed by atoms with Crippen molar-refractivity contribution < 1.29 is 17.5 Å². The van der Waals surface area contributed by atoms with E-state index in [2.05, 4.69) is 15.0 Å². The number of hydrogen-bond donors (Lipinski definition) is 2. The number of nitrogens with zero attached hydrogens (tertiary/aromatic N) is 2. The molecule has 2 aromatic carbocycles. The second-order valence-corrected chi connectivity index (χ2v) is 9.42. The number of morpholine rings is 1. The molecule has 1 aliphatic heterocycles. The Hall–Kier alpha value is -1.76. The third-order valence-electron chi connectivity index (χ3n) is 5.01. The van der Waals surface area contributed by atoms with E-state index >= 15 is 0 Å². The lowest BCUT2D eigenvalue weighted by molar-refractivity contribution is -0.0604. The second-order valence-electron chi connectivity index (χ2n) is 7.49. The van der Waals surface area contributed by atoms with E-state index in [4.69, 9.17) is 4.74 Å². The zero-order valence-corrected chi connectivity index (χ0v) is 21.3. The minimum absolute atomic E-state index is 0. The Morgan fingerprint density at radius 2 is 1.84 bits per heavy atom. The van der Waals surface area contributed by atoms with Gasteiger partial charge >= 0.3 is 0 Å². The number of guanidine groups is 1. The molecule has 0 amide bonds. The number of rotatable bonds is 7. The number of benzene rings is 2. The summed E-state index contributed by atoms with van der Waals surface area (Å²) in [6.45, 7) is 3.61. The predicted octanol–water partition coefficient (Wildman–Crippen LogP) is 2.90. The number of sulfonamides is 1. The van der Waals surface area contributed by atoms with Crippen LogP contribution in [0.3, 0.4) is 0 Å². The first kappa shape index (κ1) is 26.5. The number of ether oxygens (including phenoxy) is 1. The molecule has 10 heteroatoms. The zero-order chi connectivity index (χ0) is 22.3. The molecular weight excluding hydrogens is 546 g/mol. The Morgan fingerprint density at radius 1 is 1.16 bits per heavy atom. The van der Waals surface area contributed by atoms with Crippen molar-refractivity contribution in [2.24, 2.45) is 4.99 Å². The molecule has 0 spiro atoms. The minimum Gasteiger partial charge on any atom is -0.367 e. The molecule has 0 aliphatic carbocycles. The van der Waals surface area contributed by atoms with Crippen molar-refractivity contribution in [1.29, 1.82) is 0 Å². The molecule has 3 rings (SSSR count). The van der Waals surface area contributed by atoms with Gasteiger partial charge in [-0.3, -0.25) is 4.99 Å². The van der Waals surface area contributed by atoms with Gasteiger partial charge in [0.25, 0.3) is 0 Å². The van der Waals surface area contributed by atoms with Crippen LogP contribution in [0.25, 0.3) is 0 Å². The van der Waals surface area contributed by atoms with Crippen LogP contribution in [0.4, 0.5) is 4.39 Å². The quantitative estimate of drug-likeness (QED) is 0.301. The fraction of sp³-hybridized carbons (Fsp3) is 0.409. The van der Waals surface area contributed by atoms with Crippen LogP contribution < -0.4 is 10.0 Å². The van der Waals surface area contributed by atoms with Crippen molar-refractivity contribution in [3.05, 3.63) is 71.5 Å². The van der Waals surface area contributed by atoms with Crippen LogP contribution in [0.2, 0.25) is 0 Å². The highest BCUT2D eigenvalue weighted by Gasteiger charge is 2.28. The Labute approximate surface area is 206 Å². The maximum atomic E-state index is 13.2. The molecule has 7 nitrogen and oxygen atoms in total. The summed E-state index contributed by atoms with van der Waals surface area (Å²) >= 11 is 0. The number of nitrogens with one attached hydrogen (secondary N) is 2. The molecule has 176 valence electrons. The summed E-state index contributed by atoms with van der Waals surface area (Å²) < 4.78 is 46.5. The highest BCUT2D eigenvalue weighted by molar-refractivity contribution is 14.0. The maximum Gasteiger partial charge on any atom is 0.213 e. The van der Waals surface area contributed by atoms with Gasteiger partial charge in [0, 0.05) is 26.7 Å². The van der Waals surface area contributed by atoms with Crippen molar-refractivity contribution in [3.63, 3.8) is 0 Å². The molecule has 0 saturated carbocycles. The van der Waals surface area contributed by atoms with Crippen molar-refractivity contribution in [2.75, 3.05) is 32.4 Å². The van der Waals surface area contributed by atoms with Crippen LogP contribution >= 0.6 is 24.0 Å². The van der Waals surface area contributed by atoms with Gasteiger partial charge in [-0.2, -0.15) is 0 Å².